The Hall–Kier alpha value is -2.76. The van der Waals surface area contributed by atoms with Crippen LogP contribution in [0.4, 0.5) is 5.69 Å². The van der Waals surface area contributed by atoms with E-state index in [9.17, 15) is 4.79 Å². The SMILES string of the molecule is COc1ccc(Cc2ccc(N)c(C(N)=O)n2)c(OC)c1. The second kappa shape index (κ2) is 6.13. The number of carbonyl (C=O) groups is 1. The largest absolute Gasteiger partial charge is 0.497 e. The number of amides is 1. The molecule has 6 nitrogen and oxygen atoms in total. The lowest BCUT2D eigenvalue weighted by Crippen LogP contribution is -2.16. The average Bonchev–Trinajstić information content (AvgIpc) is 2.49. The van der Waals surface area contributed by atoms with Gasteiger partial charge in [-0.3, -0.25) is 4.79 Å². The van der Waals surface area contributed by atoms with Crippen molar-refractivity contribution >= 4 is 11.6 Å². The molecule has 4 N–H and O–H groups in total. The zero-order chi connectivity index (χ0) is 15.4. The molecule has 2 rings (SSSR count). The molecule has 0 aliphatic rings. The highest BCUT2D eigenvalue weighted by molar-refractivity contribution is 5.95. The van der Waals surface area contributed by atoms with Crippen molar-refractivity contribution in [3.05, 3.63) is 47.3 Å². The molecule has 0 atom stereocenters. The molecule has 2 aromatic rings. The smallest absolute Gasteiger partial charge is 0.269 e. The quantitative estimate of drug-likeness (QED) is 0.865. The van der Waals surface area contributed by atoms with Gasteiger partial charge in [0.25, 0.3) is 5.91 Å². The molecule has 0 aliphatic carbocycles. The minimum Gasteiger partial charge on any atom is -0.497 e. The number of nitrogen functional groups attached to an aromatic ring is 1. The zero-order valence-electron chi connectivity index (χ0n) is 11.9. The van der Waals surface area contributed by atoms with Crippen LogP contribution in [0.15, 0.2) is 30.3 Å². The lowest BCUT2D eigenvalue weighted by Gasteiger charge is -2.11. The number of carbonyl (C=O) groups excluding carboxylic acids is 1. The second-order valence-electron chi connectivity index (χ2n) is 4.46. The number of nitrogens with two attached hydrogens (primary N) is 2. The molecular weight excluding hydrogens is 270 g/mol. The van der Waals surface area contributed by atoms with E-state index in [2.05, 4.69) is 4.98 Å². The molecular formula is C15H17N3O3. The fourth-order valence-corrected chi connectivity index (χ4v) is 2.00. The number of anilines is 1. The fourth-order valence-electron chi connectivity index (χ4n) is 2.00. The summed E-state index contributed by atoms with van der Waals surface area (Å²) in [6.45, 7) is 0. The van der Waals surface area contributed by atoms with Gasteiger partial charge in [-0.2, -0.15) is 0 Å². The summed E-state index contributed by atoms with van der Waals surface area (Å²) in [5.74, 6) is 0.753. The van der Waals surface area contributed by atoms with Gasteiger partial charge in [-0.05, 0) is 18.2 Å². The molecule has 1 amide bonds. The summed E-state index contributed by atoms with van der Waals surface area (Å²) in [6.07, 6.45) is 0.494. The number of nitrogens with zero attached hydrogens (tertiary/aromatic N) is 1. The topological polar surface area (TPSA) is 100 Å². The molecule has 0 saturated carbocycles. The van der Waals surface area contributed by atoms with Crippen LogP contribution in [0, 0.1) is 0 Å². The molecule has 0 saturated heterocycles. The van der Waals surface area contributed by atoms with Crippen molar-refractivity contribution in [2.24, 2.45) is 5.73 Å². The Morgan fingerprint density at radius 2 is 1.95 bits per heavy atom. The Bertz CT molecular complexity index is 671. The number of hydrogen-bond donors (Lipinski definition) is 2. The van der Waals surface area contributed by atoms with Gasteiger partial charge >= 0.3 is 0 Å². The third kappa shape index (κ3) is 3.22. The first kappa shape index (κ1) is 14.6. The molecule has 1 heterocycles. The predicted molar refractivity (Wildman–Crippen MR) is 79.5 cm³/mol. The summed E-state index contributed by atoms with van der Waals surface area (Å²) in [5.41, 5.74) is 12.9. The van der Waals surface area contributed by atoms with Crippen molar-refractivity contribution < 1.29 is 14.3 Å². The zero-order valence-corrected chi connectivity index (χ0v) is 11.9. The highest BCUT2D eigenvalue weighted by atomic mass is 16.5. The Labute approximate surface area is 122 Å². The summed E-state index contributed by atoms with van der Waals surface area (Å²) < 4.78 is 10.5. The Morgan fingerprint density at radius 1 is 1.19 bits per heavy atom. The van der Waals surface area contributed by atoms with Gasteiger partial charge in [0.1, 0.15) is 11.5 Å². The van der Waals surface area contributed by atoms with E-state index >= 15 is 0 Å². The molecule has 0 unspecified atom stereocenters. The molecule has 21 heavy (non-hydrogen) atoms. The molecule has 0 spiro atoms. The lowest BCUT2D eigenvalue weighted by molar-refractivity contribution is 0.0996. The van der Waals surface area contributed by atoms with E-state index in [1.165, 1.54) is 0 Å². The van der Waals surface area contributed by atoms with Gasteiger partial charge in [0.05, 0.1) is 19.9 Å². The van der Waals surface area contributed by atoms with Crippen LogP contribution in [0.1, 0.15) is 21.7 Å². The molecule has 0 bridgehead atoms. The maximum Gasteiger partial charge on any atom is 0.269 e. The number of ether oxygens (including phenoxy) is 2. The molecule has 0 aliphatic heterocycles. The minimum absolute atomic E-state index is 0.0833. The van der Waals surface area contributed by atoms with E-state index in [1.54, 1.807) is 32.4 Å². The van der Waals surface area contributed by atoms with Crippen LogP contribution in [0.25, 0.3) is 0 Å². The highest BCUT2D eigenvalue weighted by Crippen LogP contribution is 2.26. The van der Waals surface area contributed by atoms with Gasteiger partial charge in [0, 0.05) is 23.7 Å². The lowest BCUT2D eigenvalue weighted by atomic mass is 10.1. The van der Waals surface area contributed by atoms with Gasteiger partial charge in [-0.15, -0.1) is 0 Å². The summed E-state index contributed by atoms with van der Waals surface area (Å²) >= 11 is 0. The number of benzene rings is 1. The van der Waals surface area contributed by atoms with Crippen LogP contribution >= 0.6 is 0 Å². The Morgan fingerprint density at radius 3 is 2.57 bits per heavy atom. The first-order chi connectivity index (χ1) is 10.0. The van der Waals surface area contributed by atoms with E-state index in [-0.39, 0.29) is 11.4 Å². The molecule has 1 aromatic heterocycles. The Balaban J connectivity index is 2.34. The van der Waals surface area contributed by atoms with Crippen molar-refractivity contribution in [1.29, 1.82) is 0 Å². The number of hydrogen-bond acceptors (Lipinski definition) is 5. The standard InChI is InChI=1S/C15H17N3O3/c1-20-11-5-3-9(13(8-11)21-2)7-10-4-6-12(16)14(18-10)15(17)19/h3-6,8H,7,16H2,1-2H3,(H2,17,19). The van der Waals surface area contributed by atoms with Crippen LogP contribution < -0.4 is 20.9 Å². The summed E-state index contributed by atoms with van der Waals surface area (Å²) in [6, 6.07) is 8.90. The normalized spacial score (nSPS) is 10.2. The minimum atomic E-state index is -0.643. The molecule has 0 radical (unpaired) electrons. The first-order valence-corrected chi connectivity index (χ1v) is 6.31. The third-order valence-corrected chi connectivity index (χ3v) is 3.08. The van der Waals surface area contributed by atoms with Crippen LogP contribution in [-0.4, -0.2) is 25.1 Å². The van der Waals surface area contributed by atoms with Crippen LogP contribution in [0.3, 0.4) is 0 Å². The molecule has 1 aromatic carbocycles. The first-order valence-electron chi connectivity index (χ1n) is 6.31. The van der Waals surface area contributed by atoms with Gasteiger partial charge < -0.3 is 20.9 Å². The molecule has 6 heteroatoms. The van der Waals surface area contributed by atoms with Gasteiger partial charge in [0.15, 0.2) is 5.69 Å². The van der Waals surface area contributed by atoms with Crippen molar-refractivity contribution in [2.45, 2.75) is 6.42 Å². The van der Waals surface area contributed by atoms with E-state index in [1.807, 2.05) is 12.1 Å². The third-order valence-electron chi connectivity index (χ3n) is 3.08. The van der Waals surface area contributed by atoms with Crippen LogP contribution in [0.2, 0.25) is 0 Å². The van der Waals surface area contributed by atoms with Crippen molar-refractivity contribution in [2.75, 3.05) is 20.0 Å². The van der Waals surface area contributed by atoms with Crippen molar-refractivity contribution in [1.82, 2.24) is 4.98 Å². The van der Waals surface area contributed by atoms with Gasteiger partial charge in [-0.1, -0.05) is 6.07 Å². The number of methoxy groups -OCH3 is 2. The van der Waals surface area contributed by atoms with E-state index in [0.29, 0.717) is 23.6 Å². The maximum absolute atomic E-state index is 11.3. The number of rotatable bonds is 5. The van der Waals surface area contributed by atoms with E-state index < -0.39 is 5.91 Å². The van der Waals surface area contributed by atoms with Crippen LogP contribution in [0.5, 0.6) is 11.5 Å². The number of aromatic nitrogens is 1. The molecule has 110 valence electrons. The second-order valence-corrected chi connectivity index (χ2v) is 4.46. The number of pyridine rings is 1. The average molecular weight is 287 g/mol. The van der Waals surface area contributed by atoms with Crippen molar-refractivity contribution in [3.8, 4) is 11.5 Å². The predicted octanol–water partition coefficient (Wildman–Crippen LogP) is 1.37. The van der Waals surface area contributed by atoms with E-state index in [4.69, 9.17) is 20.9 Å². The summed E-state index contributed by atoms with van der Waals surface area (Å²) in [7, 11) is 3.18. The highest BCUT2D eigenvalue weighted by Gasteiger charge is 2.11. The Kier molecular flexibility index (Phi) is 4.27. The van der Waals surface area contributed by atoms with E-state index in [0.717, 1.165) is 5.56 Å². The van der Waals surface area contributed by atoms with Crippen LogP contribution in [-0.2, 0) is 6.42 Å². The number of primary amides is 1. The monoisotopic (exact) mass is 287 g/mol. The van der Waals surface area contributed by atoms with Gasteiger partial charge in [0.2, 0.25) is 0 Å². The van der Waals surface area contributed by atoms with Crippen molar-refractivity contribution in [3.63, 3.8) is 0 Å². The maximum atomic E-state index is 11.3. The summed E-state index contributed by atoms with van der Waals surface area (Å²) in [5, 5.41) is 0. The fraction of sp³-hybridized carbons (Fsp3) is 0.200. The molecule has 0 fully saturated rings. The van der Waals surface area contributed by atoms with Gasteiger partial charge in [-0.25, -0.2) is 4.98 Å². The summed E-state index contributed by atoms with van der Waals surface area (Å²) in [4.78, 5) is 15.5.